The molecule has 0 saturated heterocycles. The highest BCUT2D eigenvalue weighted by Gasteiger charge is 2.19. The summed E-state index contributed by atoms with van der Waals surface area (Å²) in [6.07, 6.45) is 0. The van der Waals surface area contributed by atoms with Crippen molar-refractivity contribution in [1.82, 2.24) is 9.88 Å². The van der Waals surface area contributed by atoms with Gasteiger partial charge >= 0.3 is 0 Å². The number of pyridine rings is 1. The number of H-pyrrole nitrogens is 1. The lowest BCUT2D eigenvalue weighted by atomic mass is 10.1. The zero-order chi connectivity index (χ0) is 19.2. The molecule has 27 heavy (non-hydrogen) atoms. The molecule has 0 saturated carbocycles. The number of ether oxygens (including phenoxy) is 1. The Morgan fingerprint density at radius 1 is 1.00 bits per heavy atom. The van der Waals surface area contributed by atoms with Gasteiger partial charge in [-0.3, -0.25) is 9.59 Å². The molecular weight excluding hydrogens is 340 g/mol. The summed E-state index contributed by atoms with van der Waals surface area (Å²) in [5.41, 5.74) is 3.03. The number of carbonyl (C=O) groups is 1. The Bertz CT molecular complexity index is 994. The van der Waals surface area contributed by atoms with Gasteiger partial charge in [0.2, 0.25) is 5.56 Å². The summed E-state index contributed by atoms with van der Waals surface area (Å²) >= 11 is 0. The van der Waals surface area contributed by atoms with Crippen LogP contribution in [0.5, 0.6) is 5.75 Å². The first-order valence-corrected chi connectivity index (χ1v) is 8.73. The lowest BCUT2D eigenvalue weighted by molar-refractivity contribution is 0.0722. The highest BCUT2D eigenvalue weighted by molar-refractivity contribution is 5.92. The van der Waals surface area contributed by atoms with Gasteiger partial charge in [-0.1, -0.05) is 54.1 Å². The van der Waals surface area contributed by atoms with Crippen molar-refractivity contribution in [1.29, 1.82) is 0 Å². The monoisotopic (exact) mass is 362 g/mol. The topological polar surface area (TPSA) is 62.4 Å². The van der Waals surface area contributed by atoms with Gasteiger partial charge in [-0.25, -0.2) is 0 Å². The minimum atomic E-state index is -0.298. The van der Waals surface area contributed by atoms with Gasteiger partial charge < -0.3 is 14.6 Å². The van der Waals surface area contributed by atoms with Gasteiger partial charge in [0.1, 0.15) is 11.4 Å². The van der Waals surface area contributed by atoms with Crippen LogP contribution < -0.4 is 10.3 Å². The van der Waals surface area contributed by atoms with Crippen LogP contribution in [0, 0.1) is 6.92 Å². The minimum absolute atomic E-state index is 0.236. The Hall–Kier alpha value is -3.34. The number of benzene rings is 2. The molecule has 0 aliphatic heterocycles. The molecule has 0 unspecified atom stereocenters. The second-order valence-electron chi connectivity index (χ2n) is 6.39. The van der Waals surface area contributed by atoms with Crippen LogP contribution in [0.3, 0.4) is 0 Å². The number of amides is 1. The molecule has 3 rings (SSSR count). The predicted molar refractivity (Wildman–Crippen MR) is 105 cm³/mol. The van der Waals surface area contributed by atoms with Crippen LogP contribution in [0.25, 0.3) is 0 Å². The number of hydrogen-bond acceptors (Lipinski definition) is 3. The molecule has 1 N–H and O–H groups in total. The smallest absolute Gasteiger partial charge is 0.270 e. The van der Waals surface area contributed by atoms with Crippen molar-refractivity contribution < 1.29 is 9.53 Å². The summed E-state index contributed by atoms with van der Waals surface area (Å²) in [6, 6.07) is 20.2. The standard InChI is InChI=1S/C22H22N2O3/c1-16-7-5-8-17(13-16)14-24(15-18-9-3-4-11-20(18)27-2)22(26)19-10-6-12-21(25)23-19/h3-13H,14-15H2,1-2H3,(H,23,25). The van der Waals surface area contributed by atoms with Gasteiger partial charge in [0.15, 0.2) is 0 Å². The van der Waals surface area contributed by atoms with Crippen molar-refractivity contribution in [2.24, 2.45) is 0 Å². The zero-order valence-corrected chi connectivity index (χ0v) is 15.4. The molecule has 2 aromatic carbocycles. The Balaban J connectivity index is 1.95. The van der Waals surface area contributed by atoms with E-state index >= 15 is 0 Å². The van der Waals surface area contributed by atoms with Crippen molar-refractivity contribution >= 4 is 5.91 Å². The van der Waals surface area contributed by atoms with Crippen molar-refractivity contribution in [3.63, 3.8) is 0 Å². The van der Waals surface area contributed by atoms with E-state index in [2.05, 4.69) is 11.1 Å². The Kier molecular flexibility index (Phi) is 5.71. The second-order valence-corrected chi connectivity index (χ2v) is 6.39. The third-order valence-electron chi connectivity index (χ3n) is 4.30. The average Bonchev–Trinajstić information content (AvgIpc) is 2.67. The van der Waals surface area contributed by atoms with Crippen molar-refractivity contribution in [2.75, 3.05) is 7.11 Å². The lowest BCUT2D eigenvalue weighted by Crippen LogP contribution is -2.32. The van der Waals surface area contributed by atoms with Crippen molar-refractivity contribution in [3.8, 4) is 5.75 Å². The molecule has 0 bridgehead atoms. The molecule has 0 aliphatic rings. The van der Waals surface area contributed by atoms with Crippen LogP contribution in [0.4, 0.5) is 0 Å². The summed E-state index contributed by atoms with van der Waals surface area (Å²) < 4.78 is 5.42. The van der Waals surface area contributed by atoms with E-state index in [-0.39, 0.29) is 17.2 Å². The molecule has 0 aliphatic carbocycles. The second kappa shape index (κ2) is 8.36. The lowest BCUT2D eigenvalue weighted by Gasteiger charge is -2.24. The average molecular weight is 362 g/mol. The van der Waals surface area contributed by atoms with E-state index < -0.39 is 0 Å². The van der Waals surface area contributed by atoms with Crippen LogP contribution in [0.15, 0.2) is 71.5 Å². The maximum Gasteiger partial charge on any atom is 0.270 e. The zero-order valence-electron chi connectivity index (χ0n) is 15.4. The predicted octanol–water partition coefficient (Wildman–Crippen LogP) is 3.53. The van der Waals surface area contributed by atoms with Gasteiger partial charge in [0.05, 0.1) is 13.7 Å². The van der Waals surface area contributed by atoms with Crippen LogP contribution in [0.2, 0.25) is 0 Å². The van der Waals surface area contributed by atoms with Crippen LogP contribution >= 0.6 is 0 Å². The first-order valence-electron chi connectivity index (χ1n) is 8.73. The van der Waals surface area contributed by atoms with E-state index in [9.17, 15) is 9.59 Å². The third-order valence-corrected chi connectivity index (χ3v) is 4.30. The molecule has 5 heteroatoms. The van der Waals surface area contributed by atoms with E-state index in [1.807, 2.05) is 49.4 Å². The summed E-state index contributed by atoms with van der Waals surface area (Å²) in [7, 11) is 1.61. The fraction of sp³-hybridized carbons (Fsp3) is 0.182. The highest BCUT2D eigenvalue weighted by Crippen LogP contribution is 2.21. The van der Waals surface area contributed by atoms with E-state index in [0.717, 1.165) is 22.4 Å². The Morgan fingerprint density at radius 3 is 2.52 bits per heavy atom. The van der Waals surface area contributed by atoms with Crippen molar-refractivity contribution in [3.05, 3.63) is 99.5 Å². The number of hydrogen-bond donors (Lipinski definition) is 1. The number of nitrogens with one attached hydrogen (secondary N) is 1. The molecule has 3 aromatic rings. The third kappa shape index (κ3) is 4.64. The fourth-order valence-electron chi connectivity index (χ4n) is 3.01. The van der Waals surface area contributed by atoms with E-state index in [1.54, 1.807) is 24.1 Å². The number of aromatic amines is 1. The van der Waals surface area contributed by atoms with Gasteiger partial charge in [0, 0.05) is 18.2 Å². The molecule has 5 nitrogen and oxygen atoms in total. The first kappa shape index (κ1) is 18.5. The summed E-state index contributed by atoms with van der Waals surface area (Å²) in [5, 5.41) is 0. The van der Waals surface area contributed by atoms with E-state index in [0.29, 0.717) is 13.1 Å². The Morgan fingerprint density at radius 2 is 1.78 bits per heavy atom. The number of para-hydroxylation sites is 1. The van der Waals surface area contributed by atoms with Crippen molar-refractivity contribution in [2.45, 2.75) is 20.0 Å². The number of aryl methyl sites for hydroxylation is 1. The summed E-state index contributed by atoms with van der Waals surface area (Å²) in [6.45, 7) is 2.81. The van der Waals surface area contributed by atoms with E-state index in [1.165, 1.54) is 6.07 Å². The van der Waals surface area contributed by atoms with Crippen LogP contribution in [-0.4, -0.2) is 22.9 Å². The largest absolute Gasteiger partial charge is 0.496 e. The van der Waals surface area contributed by atoms with E-state index in [4.69, 9.17) is 4.74 Å². The number of rotatable bonds is 6. The molecule has 0 fully saturated rings. The van der Waals surface area contributed by atoms with Gasteiger partial charge in [-0.2, -0.15) is 0 Å². The number of nitrogens with zero attached hydrogens (tertiary/aromatic N) is 1. The minimum Gasteiger partial charge on any atom is -0.496 e. The van der Waals surface area contributed by atoms with Crippen LogP contribution in [0.1, 0.15) is 27.2 Å². The number of methoxy groups -OCH3 is 1. The number of aromatic nitrogens is 1. The molecule has 0 atom stereocenters. The fourth-order valence-corrected chi connectivity index (χ4v) is 3.01. The maximum atomic E-state index is 13.1. The number of carbonyl (C=O) groups excluding carboxylic acids is 1. The van der Waals surface area contributed by atoms with Crippen LogP contribution in [-0.2, 0) is 13.1 Å². The maximum absolute atomic E-state index is 13.1. The van der Waals surface area contributed by atoms with Gasteiger partial charge in [0.25, 0.3) is 5.91 Å². The summed E-state index contributed by atoms with van der Waals surface area (Å²) in [5.74, 6) is 0.487. The quantitative estimate of drug-likeness (QED) is 0.730. The molecule has 0 spiro atoms. The molecule has 0 radical (unpaired) electrons. The molecule has 138 valence electrons. The first-order chi connectivity index (χ1) is 13.1. The molecule has 1 heterocycles. The van der Waals surface area contributed by atoms with Gasteiger partial charge in [-0.15, -0.1) is 0 Å². The normalized spacial score (nSPS) is 10.4. The summed E-state index contributed by atoms with van der Waals surface area (Å²) in [4.78, 5) is 29.1. The van der Waals surface area contributed by atoms with Gasteiger partial charge in [-0.05, 0) is 24.6 Å². The molecule has 1 aromatic heterocycles. The Labute approximate surface area is 158 Å². The highest BCUT2D eigenvalue weighted by atomic mass is 16.5. The molecular formula is C22H22N2O3. The SMILES string of the molecule is COc1ccccc1CN(Cc1cccc(C)c1)C(=O)c1cccc(=O)[nH]1. The molecule has 1 amide bonds.